The summed E-state index contributed by atoms with van der Waals surface area (Å²) in [5, 5.41) is 7.05. The molecule has 0 radical (unpaired) electrons. The molecule has 0 bridgehead atoms. The van der Waals surface area contributed by atoms with Crippen molar-refractivity contribution in [2.75, 3.05) is 0 Å². The molecule has 6 nitrogen and oxygen atoms in total. The second-order valence-electron chi connectivity index (χ2n) is 6.69. The van der Waals surface area contributed by atoms with E-state index in [0.717, 1.165) is 5.56 Å². The summed E-state index contributed by atoms with van der Waals surface area (Å²) in [6.45, 7) is 7.26. The number of carbonyl (C=O) groups is 1. The fraction of sp³-hybridized carbons (Fsp3) is 0.556. The molecule has 0 saturated heterocycles. The average molecular weight is 385 g/mol. The summed E-state index contributed by atoms with van der Waals surface area (Å²) in [5.41, 5.74) is 0.930. The maximum Gasteiger partial charge on any atom is 0.419 e. The van der Waals surface area contributed by atoms with Crippen LogP contribution in [0, 0.1) is 6.92 Å². The van der Waals surface area contributed by atoms with Crippen LogP contribution in [0.15, 0.2) is 10.7 Å². The normalized spacial score (nSPS) is 19.8. The fourth-order valence-corrected chi connectivity index (χ4v) is 3.47. The van der Waals surface area contributed by atoms with Crippen LogP contribution in [0.2, 0.25) is 0 Å². The minimum absolute atomic E-state index is 0.0680. The number of nitrogens with zero attached hydrogens (tertiary/aromatic N) is 2. The zero-order valence-electron chi connectivity index (χ0n) is 15.6. The molecule has 1 aliphatic rings. The summed E-state index contributed by atoms with van der Waals surface area (Å²) in [7, 11) is 0. The van der Waals surface area contributed by atoms with Gasteiger partial charge in [-0.25, -0.2) is 0 Å². The number of aromatic nitrogens is 2. The smallest absolute Gasteiger partial charge is 0.419 e. The molecular weight excluding hydrogens is 363 g/mol. The van der Waals surface area contributed by atoms with Gasteiger partial charge in [-0.1, -0.05) is 0 Å². The van der Waals surface area contributed by atoms with E-state index in [-0.39, 0.29) is 30.1 Å². The molecule has 1 amide bonds. The third-order valence-corrected chi connectivity index (χ3v) is 4.74. The van der Waals surface area contributed by atoms with Crippen molar-refractivity contribution in [1.82, 2.24) is 15.1 Å². The lowest BCUT2D eigenvalue weighted by Gasteiger charge is -2.24. The van der Waals surface area contributed by atoms with Gasteiger partial charge in [0, 0.05) is 30.6 Å². The standard InChI is InChI=1S/C18H22F3N3O3/c1-5-24-16(12-6-9(2)27-11(4)15(12)23-24)17(25)22-7-13-10(3)26-8-14(13)18(19,20)21/h8-9,11H,5-7H2,1-4H3,(H,22,25)/t9-,11+/m0/s1. The second-order valence-corrected chi connectivity index (χ2v) is 6.69. The first-order valence-corrected chi connectivity index (χ1v) is 8.80. The van der Waals surface area contributed by atoms with Crippen LogP contribution in [-0.2, 0) is 30.4 Å². The Labute approximate surface area is 154 Å². The van der Waals surface area contributed by atoms with E-state index in [4.69, 9.17) is 9.15 Å². The molecule has 1 aliphatic heterocycles. The topological polar surface area (TPSA) is 69.3 Å². The molecule has 0 saturated carbocycles. The van der Waals surface area contributed by atoms with Crippen molar-refractivity contribution < 1.29 is 27.1 Å². The third kappa shape index (κ3) is 3.60. The van der Waals surface area contributed by atoms with Gasteiger partial charge in [0.2, 0.25) is 0 Å². The Kier molecular flexibility index (Phi) is 5.07. The Bertz CT molecular complexity index is 854. The van der Waals surface area contributed by atoms with Gasteiger partial charge in [-0.2, -0.15) is 18.3 Å². The Hall–Kier alpha value is -2.29. The summed E-state index contributed by atoms with van der Waals surface area (Å²) < 4.78 is 51.5. The van der Waals surface area contributed by atoms with E-state index >= 15 is 0 Å². The summed E-state index contributed by atoms with van der Waals surface area (Å²) in [6, 6.07) is 0. The van der Waals surface area contributed by atoms with Gasteiger partial charge in [0.15, 0.2) is 0 Å². The Balaban J connectivity index is 1.87. The van der Waals surface area contributed by atoms with Crippen LogP contribution in [-0.4, -0.2) is 21.8 Å². The van der Waals surface area contributed by atoms with E-state index in [9.17, 15) is 18.0 Å². The molecule has 148 valence electrons. The average Bonchev–Trinajstić information content (AvgIpc) is 3.12. The monoisotopic (exact) mass is 385 g/mol. The van der Waals surface area contributed by atoms with Crippen molar-refractivity contribution in [3.63, 3.8) is 0 Å². The van der Waals surface area contributed by atoms with Crippen LogP contribution >= 0.6 is 0 Å². The Morgan fingerprint density at radius 3 is 2.74 bits per heavy atom. The lowest BCUT2D eigenvalue weighted by atomic mass is 9.99. The lowest BCUT2D eigenvalue weighted by molar-refractivity contribution is -0.138. The predicted octanol–water partition coefficient (Wildman–Crippen LogP) is 3.78. The molecule has 0 unspecified atom stereocenters. The highest BCUT2D eigenvalue weighted by atomic mass is 19.4. The van der Waals surface area contributed by atoms with E-state index in [1.54, 1.807) is 4.68 Å². The number of rotatable bonds is 4. The van der Waals surface area contributed by atoms with E-state index < -0.39 is 17.6 Å². The van der Waals surface area contributed by atoms with Crippen LogP contribution in [0.5, 0.6) is 0 Å². The molecular formula is C18H22F3N3O3. The number of hydrogen-bond donors (Lipinski definition) is 1. The Morgan fingerprint density at radius 1 is 1.41 bits per heavy atom. The number of furan rings is 1. The van der Waals surface area contributed by atoms with Crippen LogP contribution in [0.4, 0.5) is 13.2 Å². The van der Waals surface area contributed by atoms with Gasteiger partial charge >= 0.3 is 6.18 Å². The number of ether oxygens (including phenoxy) is 1. The maximum atomic E-state index is 13.1. The highest BCUT2D eigenvalue weighted by Gasteiger charge is 2.37. The third-order valence-electron chi connectivity index (χ3n) is 4.74. The molecule has 3 rings (SSSR count). The van der Waals surface area contributed by atoms with Crippen molar-refractivity contribution in [2.24, 2.45) is 0 Å². The van der Waals surface area contributed by atoms with E-state index in [1.165, 1.54) is 6.92 Å². The molecule has 0 spiro atoms. The van der Waals surface area contributed by atoms with Gasteiger partial charge in [-0.15, -0.1) is 0 Å². The first-order valence-electron chi connectivity index (χ1n) is 8.80. The van der Waals surface area contributed by atoms with Crippen LogP contribution in [0.3, 0.4) is 0 Å². The minimum Gasteiger partial charge on any atom is -0.469 e. The largest absolute Gasteiger partial charge is 0.469 e. The van der Waals surface area contributed by atoms with Crippen LogP contribution in [0.25, 0.3) is 0 Å². The number of nitrogens with one attached hydrogen (secondary N) is 1. The number of halogens is 3. The van der Waals surface area contributed by atoms with Gasteiger partial charge in [0.05, 0.1) is 23.5 Å². The molecule has 0 aliphatic carbocycles. The molecule has 2 aromatic heterocycles. The SMILES string of the molecule is CCn1nc2c(c1C(=O)NCc1c(C(F)(F)F)coc1C)C[C@H](C)O[C@@H]2C. The number of amides is 1. The number of carbonyl (C=O) groups excluding carboxylic acids is 1. The maximum absolute atomic E-state index is 13.1. The van der Waals surface area contributed by atoms with E-state index in [0.29, 0.717) is 30.6 Å². The minimum atomic E-state index is -4.54. The number of alkyl halides is 3. The summed E-state index contributed by atoms with van der Waals surface area (Å²) in [5.74, 6) is -0.329. The van der Waals surface area contributed by atoms with Gasteiger partial charge in [0.25, 0.3) is 5.91 Å². The summed E-state index contributed by atoms with van der Waals surface area (Å²) in [6.07, 6.45) is -3.64. The molecule has 2 atom stereocenters. The van der Waals surface area contributed by atoms with E-state index in [2.05, 4.69) is 10.4 Å². The van der Waals surface area contributed by atoms with Gasteiger partial charge < -0.3 is 14.5 Å². The van der Waals surface area contributed by atoms with Crippen molar-refractivity contribution in [3.05, 3.63) is 40.1 Å². The second kappa shape index (κ2) is 7.03. The van der Waals surface area contributed by atoms with Crippen molar-refractivity contribution >= 4 is 5.91 Å². The van der Waals surface area contributed by atoms with Gasteiger partial charge in [-0.3, -0.25) is 9.48 Å². The van der Waals surface area contributed by atoms with Crippen LogP contribution in [0.1, 0.15) is 65.5 Å². The highest BCUT2D eigenvalue weighted by molar-refractivity contribution is 5.94. The lowest BCUT2D eigenvalue weighted by Crippen LogP contribution is -2.29. The molecule has 27 heavy (non-hydrogen) atoms. The zero-order chi connectivity index (χ0) is 19.9. The first-order chi connectivity index (χ1) is 12.6. The molecule has 2 aromatic rings. The van der Waals surface area contributed by atoms with Gasteiger partial charge in [0.1, 0.15) is 17.7 Å². The van der Waals surface area contributed by atoms with Gasteiger partial charge in [-0.05, 0) is 27.7 Å². The fourth-order valence-electron chi connectivity index (χ4n) is 3.47. The molecule has 0 aromatic carbocycles. The van der Waals surface area contributed by atoms with Crippen LogP contribution < -0.4 is 5.32 Å². The van der Waals surface area contributed by atoms with E-state index in [1.807, 2.05) is 20.8 Å². The number of hydrogen-bond acceptors (Lipinski definition) is 4. The molecule has 1 N–H and O–H groups in total. The van der Waals surface area contributed by atoms with Crippen molar-refractivity contribution in [2.45, 2.75) is 65.6 Å². The first kappa shape index (κ1) is 19.5. The predicted molar refractivity (Wildman–Crippen MR) is 90.2 cm³/mol. The van der Waals surface area contributed by atoms with Crippen molar-refractivity contribution in [1.29, 1.82) is 0 Å². The highest BCUT2D eigenvalue weighted by Crippen LogP contribution is 2.35. The Morgan fingerprint density at radius 2 is 2.11 bits per heavy atom. The zero-order valence-corrected chi connectivity index (χ0v) is 15.6. The molecule has 3 heterocycles. The molecule has 0 fully saturated rings. The molecule has 9 heteroatoms. The summed E-state index contributed by atoms with van der Waals surface area (Å²) >= 11 is 0. The number of fused-ring (bicyclic) bond motifs is 1. The quantitative estimate of drug-likeness (QED) is 0.870. The summed E-state index contributed by atoms with van der Waals surface area (Å²) in [4.78, 5) is 12.8. The van der Waals surface area contributed by atoms with Crippen molar-refractivity contribution in [3.8, 4) is 0 Å². The number of aryl methyl sites for hydroxylation is 2.